The molecular formula is C61H44N2. The van der Waals surface area contributed by atoms with Crippen LogP contribution in [0.3, 0.4) is 0 Å². The molecule has 2 atom stereocenters. The maximum atomic E-state index is 2.56. The largest absolute Gasteiger partial charge is 0.312 e. The van der Waals surface area contributed by atoms with E-state index in [-0.39, 0.29) is 17.3 Å². The van der Waals surface area contributed by atoms with Gasteiger partial charge in [-0.3, -0.25) is 0 Å². The van der Waals surface area contributed by atoms with Crippen LogP contribution in [-0.2, 0) is 5.41 Å². The van der Waals surface area contributed by atoms with E-state index in [1.807, 2.05) is 0 Å². The van der Waals surface area contributed by atoms with Crippen molar-refractivity contribution in [3.05, 3.63) is 277 Å². The predicted octanol–water partition coefficient (Wildman–Crippen LogP) is 15.8. The molecule has 0 bridgehead atoms. The Labute approximate surface area is 369 Å². The smallest absolute Gasteiger partial charge is 0.0538 e. The van der Waals surface area contributed by atoms with Gasteiger partial charge in [-0.1, -0.05) is 188 Å². The standard InChI is InChI=1S/C61H44N2/c1-5-21-47(22-6-1)61(48-23-7-2-8-24-48)55-31-15-13-30-53(55)60-56(61)32-18-34-59(60)63-57-33-16-14-29-52(57)54-42-46(37-40-58(54)63)45-20-17-19-44(41-45)43-35-38-51(39-36-43)62(49-25-9-3-10-26-49)50-27-11-4-12-28-50/h1-42,56,60H. The second-order valence-electron chi connectivity index (χ2n) is 16.8. The summed E-state index contributed by atoms with van der Waals surface area (Å²) in [6, 6.07) is 86.7. The van der Waals surface area contributed by atoms with Crippen LogP contribution in [0.1, 0.15) is 28.2 Å². The molecule has 0 aliphatic heterocycles. The summed E-state index contributed by atoms with van der Waals surface area (Å²) < 4.78 is 2.56. The molecule has 10 aromatic rings. The zero-order valence-corrected chi connectivity index (χ0v) is 34.8. The maximum absolute atomic E-state index is 2.56. The number of rotatable bonds is 8. The normalized spacial score (nSPS) is 16.1. The highest BCUT2D eigenvalue weighted by molar-refractivity contribution is 6.11. The Hall–Kier alpha value is -7.94. The molecule has 9 aromatic carbocycles. The van der Waals surface area contributed by atoms with Crippen molar-refractivity contribution in [3.63, 3.8) is 0 Å². The second kappa shape index (κ2) is 15.2. The number of hydrogen-bond donors (Lipinski definition) is 0. The Bertz CT molecular complexity index is 3250. The topological polar surface area (TPSA) is 8.17 Å². The molecule has 1 heterocycles. The Balaban J connectivity index is 0.942. The molecule has 0 spiro atoms. The van der Waals surface area contributed by atoms with Crippen LogP contribution in [0.5, 0.6) is 0 Å². The van der Waals surface area contributed by atoms with E-state index in [0.29, 0.717) is 0 Å². The summed E-state index contributed by atoms with van der Waals surface area (Å²) in [4.78, 5) is 2.31. The van der Waals surface area contributed by atoms with E-state index in [1.54, 1.807) is 0 Å². The Kier molecular flexibility index (Phi) is 8.90. The zero-order chi connectivity index (χ0) is 41.7. The van der Waals surface area contributed by atoms with Crippen molar-refractivity contribution in [1.82, 2.24) is 4.57 Å². The highest BCUT2D eigenvalue weighted by Gasteiger charge is 2.55. The molecule has 0 N–H and O–H groups in total. The SMILES string of the molecule is C1=CC2C(C(n3c4ccccc4c4cc(-c5cccc(-c6ccc(N(c7ccccc7)c7ccccc7)cc6)c5)ccc43)=C1)c1ccccc1C2(c1ccccc1)c1ccccc1. The summed E-state index contributed by atoms with van der Waals surface area (Å²) in [5, 5.41) is 2.52. The van der Waals surface area contributed by atoms with Crippen molar-refractivity contribution in [2.45, 2.75) is 11.3 Å². The maximum Gasteiger partial charge on any atom is 0.0538 e. The van der Waals surface area contributed by atoms with Crippen LogP contribution in [0.4, 0.5) is 17.1 Å². The van der Waals surface area contributed by atoms with Crippen molar-refractivity contribution in [3.8, 4) is 22.3 Å². The van der Waals surface area contributed by atoms with Gasteiger partial charge in [0, 0.05) is 45.4 Å². The average Bonchev–Trinajstić information content (AvgIpc) is 3.86. The van der Waals surface area contributed by atoms with Crippen LogP contribution in [0.25, 0.3) is 49.8 Å². The summed E-state index contributed by atoms with van der Waals surface area (Å²) in [5.74, 6) is 0.313. The molecule has 2 aliphatic rings. The molecule has 0 fully saturated rings. The van der Waals surface area contributed by atoms with Gasteiger partial charge in [-0.25, -0.2) is 0 Å². The van der Waals surface area contributed by atoms with Crippen LogP contribution in [0, 0.1) is 5.92 Å². The van der Waals surface area contributed by atoms with Crippen molar-refractivity contribution in [1.29, 1.82) is 0 Å². The van der Waals surface area contributed by atoms with E-state index in [4.69, 9.17) is 0 Å². The fraction of sp³-hybridized carbons (Fsp3) is 0.0492. The third-order valence-corrected chi connectivity index (χ3v) is 13.6. The quantitative estimate of drug-likeness (QED) is 0.149. The molecule has 298 valence electrons. The molecular weight excluding hydrogens is 761 g/mol. The fourth-order valence-corrected chi connectivity index (χ4v) is 10.9. The minimum Gasteiger partial charge on any atom is -0.312 e. The number of anilines is 3. The monoisotopic (exact) mass is 804 g/mol. The molecule has 2 unspecified atom stereocenters. The third-order valence-electron chi connectivity index (χ3n) is 13.6. The first kappa shape index (κ1) is 36.9. The van der Waals surface area contributed by atoms with E-state index in [9.17, 15) is 0 Å². The first-order chi connectivity index (χ1) is 31.3. The van der Waals surface area contributed by atoms with Crippen LogP contribution < -0.4 is 4.90 Å². The molecule has 2 nitrogen and oxygen atoms in total. The van der Waals surface area contributed by atoms with Gasteiger partial charge in [0.1, 0.15) is 0 Å². The summed E-state index contributed by atoms with van der Waals surface area (Å²) >= 11 is 0. The second-order valence-corrected chi connectivity index (χ2v) is 16.8. The lowest BCUT2D eigenvalue weighted by Gasteiger charge is -2.40. The van der Waals surface area contributed by atoms with E-state index in [0.717, 1.165) is 17.1 Å². The predicted molar refractivity (Wildman–Crippen MR) is 264 cm³/mol. The van der Waals surface area contributed by atoms with Crippen molar-refractivity contribution in [2.24, 2.45) is 5.92 Å². The number of benzene rings is 9. The number of allylic oxidation sites excluding steroid dienone is 4. The van der Waals surface area contributed by atoms with Gasteiger partial charge in [-0.15, -0.1) is 0 Å². The molecule has 12 rings (SSSR count). The van der Waals surface area contributed by atoms with E-state index in [2.05, 4.69) is 264 Å². The highest BCUT2D eigenvalue weighted by atomic mass is 15.1. The first-order valence-electron chi connectivity index (χ1n) is 22.0. The van der Waals surface area contributed by atoms with E-state index in [1.165, 1.54) is 72.0 Å². The van der Waals surface area contributed by atoms with E-state index >= 15 is 0 Å². The molecule has 0 radical (unpaired) electrons. The third kappa shape index (κ3) is 5.94. The van der Waals surface area contributed by atoms with Crippen molar-refractivity contribution < 1.29 is 0 Å². The Morgan fingerprint density at radius 2 is 0.921 bits per heavy atom. The highest BCUT2D eigenvalue weighted by Crippen LogP contribution is 2.62. The van der Waals surface area contributed by atoms with Gasteiger partial charge in [0.2, 0.25) is 0 Å². The molecule has 0 amide bonds. The summed E-state index contributed by atoms with van der Waals surface area (Å²) in [6.07, 6.45) is 7.16. The lowest BCUT2D eigenvalue weighted by atomic mass is 9.63. The molecule has 0 saturated heterocycles. The zero-order valence-electron chi connectivity index (χ0n) is 34.8. The molecule has 2 aliphatic carbocycles. The number of fused-ring (bicyclic) bond motifs is 6. The molecule has 63 heavy (non-hydrogen) atoms. The summed E-state index contributed by atoms with van der Waals surface area (Å²) in [7, 11) is 0. The van der Waals surface area contributed by atoms with Gasteiger partial charge in [-0.05, 0) is 111 Å². The molecule has 2 heteroatoms. The van der Waals surface area contributed by atoms with Gasteiger partial charge in [0.25, 0.3) is 0 Å². The number of hydrogen-bond acceptors (Lipinski definition) is 1. The molecule has 1 aromatic heterocycles. The average molecular weight is 805 g/mol. The fourth-order valence-electron chi connectivity index (χ4n) is 10.9. The van der Waals surface area contributed by atoms with E-state index < -0.39 is 0 Å². The summed E-state index contributed by atoms with van der Waals surface area (Å²) in [5.41, 5.74) is 17.0. The number of para-hydroxylation sites is 3. The first-order valence-corrected chi connectivity index (χ1v) is 22.0. The van der Waals surface area contributed by atoms with Crippen molar-refractivity contribution in [2.75, 3.05) is 4.90 Å². The minimum atomic E-state index is -0.347. The van der Waals surface area contributed by atoms with Crippen LogP contribution in [-0.4, -0.2) is 4.57 Å². The van der Waals surface area contributed by atoms with Gasteiger partial charge in [-0.2, -0.15) is 0 Å². The van der Waals surface area contributed by atoms with Crippen LogP contribution >= 0.6 is 0 Å². The lowest BCUT2D eigenvalue weighted by molar-refractivity contribution is 0.458. The molecule has 0 saturated carbocycles. The minimum absolute atomic E-state index is 0.140. The van der Waals surface area contributed by atoms with Gasteiger partial charge >= 0.3 is 0 Å². The van der Waals surface area contributed by atoms with Crippen LogP contribution in [0.2, 0.25) is 0 Å². The Morgan fingerprint density at radius 3 is 1.60 bits per heavy atom. The lowest BCUT2D eigenvalue weighted by Crippen LogP contribution is -2.35. The summed E-state index contributed by atoms with van der Waals surface area (Å²) in [6.45, 7) is 0. The van der Waals surface area contributed by atoms with Gasteiger partial charge in [0.05, 0.1) is 16.4 Å². The Morgan fingerprint density at radius 1 is 0.397 bits per heavy atom. The van der Waals surface area contributed by atoms with Gasteiger partial charge in [0.15, 0.2) is 0 Å². The van der Waals surface area contributed by atoms with Gasteiger partial charge < -0.3 is 9.47 Å². The van der Waals surface area contributed by atoms with Crippen LogP contribution in [0.15, 0.2) is 255 Å². The van der Waals surface area contributed by atoms with Crippen molar-refractivity contribution >= 4 is 44.6 Å². The number of aromatic nitrogens is 1. The number of nitrogens with zero attached hydrogens (tertiary/aromatic N) is 2.